The second-order valence-corrected chi connectivity index (χ2v) is 4.51. The Labute approximate surface area is 105 Å². The molecule has 3 heterocycles. The van der Waals surface area contributed by atoms with Crippen LogP contribution in [0.2, 0.25) is 0 Å². The van der Waals surface area contributed by atoms with Gasteiger partial charge in [-0.05, 0) is 18.6 Å². The second kappa shape index (κ2) is 4.83. The largest absolute Gasteiger partial charge is 0.337 e. The highest BCUT2D eigenvalue weighted by atomic mass is 16.5. The van der Waals surface area contributed by atoms with E-state index >= 15 is 0 Å². The molecule has 1 aliphatic rings. The van der Waals surface area contributed by atoms with E-state index in [2.05, 4.69) is 20.0 Å². The van der Waals surface area contributed by atoms with Gasteiger partial charge >= 0.3 is 0 Å². The Bertz CT molecular complexity index is 512. The smallest absolute Gasteiger partial charge is 0.241 e. The second-order valence-electron chi connectivity index (χ2n) is 4.51. The monoisotopic (exact) mass is 245 g/mol. The quantitative estimate of drug-likeness (QED) is 0.855. The van der Waals surface area contributed by atoms with Gasteiger partial charge < -0.3 is 10.3 Å². The molecule has 1 atom stereocenters. The van der Waals surface area contributed by atoms with Crippen molar-refractivity contribution in [2.45, 2.75) is 19.0 Å². The first-order valence-electron chi connectivity index (χ1n) is 6.03. The molecule has 1 saturated heterocycles. The first-order valence-corrected chi connectivity index (χ1v) is 6.03. The van der Waals surface area contributed by atoms with Crippen LogP contribution < -0.4 is 5.73 Å². The van der Waals surface area contributed by atoms with E-state index in [0.717, 1.165) is 25.2 Å². The zero-order valence-corrected chi connectivity index (χ0v) is 9.99. The molecule has 6 heteroatoms. The normalized spacial score (nSPS) is 20.4. The number of hydrogen-bond acceptors (Lipinski definition) is 6. The van der Waals surface area contributed by atoms with Gasteiger partial charge in [0.15, 0.2) is 0 Å². The molecule has 0 radical (unpaired) electrons. The Kier molecular flexibility index (Phi) is 3.04. The topological polar surface area (TPSA) is 81.1 Å². The third-order valence-electron chi connectivity index (χ3n) is 3.03. The van der Waals surface area contributed by atoms with Crippen molar-refractivity contribution in [3.05, 3.63) is 30.3 Å². The lowest BCUT2D eigenvalue weighted by Crippen LogP contribution is -2.26. The van der Waals surface area contributed by atoms with Crippen LogP contribution in [0.5, 0.6) is 0 Å². The molecule has 1 unspecified atom stereocenters. The van der Waals surface area contributed by atoms with Gasteiger partial charge in [-0.1, -0.05) is 11.2 Å². The van der Waals surface area contributed by atoms with E-state index in [1.807, 2.05) is 18.2 Å². The van der Waals surface area contributed by atoms with Gasteiger partial charge in [-0.3, -0.25) is 9.88 Å². The molecular weight excluding hydrogens is 230 g/mol. The fourth-order valence-corrected chi connectivity index (χ4v) is 2.12. The van der Waals surface area contributed by atoms with E-state index in [-0.39, 0.29) is 6.04 Å². The molecule has 0 aliphatic carbocycles. The van der Waals surface area contributed by atoms with Crippen molar-refractivity contribution in [1.82, 2.24) is 20.0 Å². The number of pyridine rings is 1. The summed E-state index contributed by atoms with van der Waals surface area (Å²) >= 11 is 0. The predicted molar refractivity (Wildman–Crippen MR) is 65.4 cm³/mol. The van der Waals surface area contributed by atoms with Crippen LogP contribution in [0.4, 0.5) is 0 Å². The van der Waals surface area contributed by atoms with Crippen LogP contribution in [0.25, 0.3) is 11.5 Å². The fraction of sp³-hybridized carbons (Fsp3) is 0.417. The molecule has 2 aromatic rings. The summed E-state index contributed by atoms with van der Waals surface area (Å²) in [6.07, 6.45) is 2.74. The average Bonchev–Trinajstić information content (AvgIpc) is 3.01. The summed E-state index contributed by atoms with van der Waals surface area (Å²) in [5.74, 6) is 1.15. The van der Waals surface area contributed by atoms with E-state index in [1.165, 1.54) is 0 Å². The molecule has 0 saturated carbocycles. The zero-order chi connectivity index (χ0) is 12.4. The van der Waals surface area contributed by atoms with Gasteiger partial charge in [0.25, 0.3) is 0 Å². The molecule has 3 rings (SSSR count). The average molecular weight is 245 g/mol. The zero-order valence-electron chi connectivity index (χ0n) is 9.99. The van der Waals surface area contributed by atoms with Gasteiger partial charge in [-0.2, -0.15) is 4.98 Å². The van der Waals surface area contributed by atoms with E-state index in [1.54, 1.807) is 6.20 Å². The third-order valence-corrected chi connectivity index (χ3v) is 3.03. The molecule has 0 spiro atoms. The number of nitrogens with zero attached hydrogens (tertiary/aromatic N) is 4. The Morgan fingerprint density at radius 1 is 1.44 bits per heavy atom. The number of hydrogen-bond donors (Lipinski definition) is 1. The highest BCUT2D eigenvalue weighted by Crippen LogP contribution is 2.15. The molecule has 2 N–H and O–H groups in total. The minimum Gasteiger partial charge on any atom is -0.337 e. The lowest BCUT2D eigenvalue weighted by Gasteiger charge is -2.10. The summed E-state index contributed by atoms with van der Waals surface area (Å²) in [6.45, 7) is 2.54. The Hall–Kier alpha value is -1.79. The van der Waals surface area contributed by atoms with Crippen molar-refractivity contribution >= 4 is 0 Å². The summed E-state index contributed by atoms with van der Waals surface area (Å²) < 4.78 is 5.23. The Morgan fingerprint density at radius 2 is 2.39 bits per heavy atom. The molecule has 0 aromatic carbocycles. The van der Waals surface area contributed by atoms with E-state index in [9.17, 15) is 0 Å². The maximum Gasteiger partial charge on any atom is 0.241 e. The van der Waals surface area contributed by atoms with Gasteiger partial charge in [0.05, 0.1) is 6.54 Å². The molecular formula is C12H15N5O. The molecule has 1 aliphatic heterocycles. The van der Waals surface area contributed by atoms with Gasteiger partial charge in [0, 0.05) is 25.3 Å². The van der Waals surface area contributed by atoms with Crippen molar-refractivity contribution in [2.75, 3.05) is 13.1 Å². The number of nitrogens with two attached hydrogens (primary N) is 1. The van der Waals surface area contributed by atoms with Crippen LogP contribution in [-0.2, 0) is 6.54 Å². The van der Waals surface area contributed by atoms with Crippen molar-refractivity contribution in [1.29, 1.82) is 0 Å². The summed E-state index contributed by atoms with van der Waals surface area (Å²) in [4.78, 5) is 10.8. The molecule has 2 aromatic heterocycles. The highest BCUT2D eigenvalue weighted by molar-refractivity contribution is 5.46. The van der Waals surface area contributed by atoms with Crippen LogP contribution in [0, 0.1) is 0 Å². The van der Waals surface area contributed by atoms with E-state index in [4.69, 9.17) is 10.3 Å². The van der Waals surface area contributed by atoms with Gasteiger partial charge in [-0.15, -0.1) is 0 Å². The Balaban J connectivity index is 1.70. The summed E-state index contributed by atoms with van der Waals surface area (Å²) in [5, 5.41) is 3.94. The molecule has 18 heavy (non-hydrogen) atoms. The molecule has 1 fully saturated rings. The molecule has 0 amide bonds. The van der Waals surface area contributed by atoms with Crippen molar-refractivity contribution < 1.29 is 4.52 Å². The van der Waals surface area contributed by atoms with Crippen LogP contribution >= 0.6 is 0 Å². The molecule has 94 valence electrons. The van der Waals surface area contributed by atoms with Gasteiger partial charge in [-0.25, -0.2) is 0 Å². The molecule has 6 nitrogen and oxygen atoms in total. The van der Waals surface area contributed by atoms with Gasteiger partial charge in [0.1, 0.15) is 5.69 Å². The van der Waals surface area contributed by atoms with Crippen LogP contribution in [-0.4, -0.2) is 39.2 Å². The van der Waals surface area contributed by atoms with Crippen LogP contribution in [0.15, 0.2) is 28.9 Å². The van der Waals surface area contributed by atoms with Gasteiger partial charge in [0.2, 0.25) is 11.7 Å². The number of likely N-dealkylation sites (tertiary alicyclic amines) is 1. The number of aromatic nitrogens is 3. The first kappa shape index (κ1) is 11.3. The third kappa shape index (κ3) is 2.39. The lowest BCUT2D eigenvalue weighted by molar-refractivity contribution is 0.265. The van der Waals surface area contributed by atoms with Crippen molar-refractivity contribution in [3.8, 4) is 11.5 Å². The Morgan fingerprint density at radius 3 is 3.11 bits per heavy atom. The van der Waals surface area contributed by atoms with E-state index in [0.29, 0.717) is 18.3 Å². The number of rotatable bonds is 3. The maximum absolute atomic E-state index is 5.86. The van der Waals surface area contributed by atoms with Crippen LogP contribution in [0.1, 0.15) is 12.3 Å². The standard InChI is InChI=1S/C12H15N5O/c13-9-4-6-17(7-9)8-11-15-12(16-18-11)10-3-1-2-5-14-10/h1-3,5,9H,4,6-8,13H2. The fourth-order valence-electron chi connectivity index (χ4n) is 2.12. The minimum absolute atomic E-state index is 0.267. The minimum atomic E-state index is 0.267. The SMILES string of the molecule is NC1CCN(Cc2nc(-c3ccccn3)no2)C1. The van der Waals surface area contributed by atoms with Crippen LogP contribution in [0.3, 0.4) is 0 Å². The summed E-state index contributed by atoms with van der Waals surface area (Å²) in [6, 6.07) is 5.89. The maximum atomic E-state index is 5.86. The molecule has 0 bridgehead atoms. The van der Waals surface area contributed by atoms with Crippen molar-refractivity contribution in [2.24, 2.45) is 5.73 Å². The van der Waals surface area contributed by atoms with E-state index < -0.39 is 0 Å². The summed E-state index contributed by atoms with van der Waals surface area (Å²) in [5.41, 5.74) is 6.58. The van der Waals surface area contributed by atoms with Crippen molar-refractivity contribution in [3.63, 3.8) is 0 Å². The highest BCUT2D eigenvalue weighted by Gasteiger charge is 2.21. The lowest BCUT2D eigenvalue weighted by atomic mass is 10.3. The predicted octanol–water partition coefficient (Wildman–Crippen LogP) is 0.665. The first-order chi connectivity index (χ1) is 8.81. The summed E-state index contributed by atoms with van der Waals surface area (Å²) in [7, 11) is 0.